The second-order valence-corrected chi connectivity index (χ2v) is 3.08. The van der Waals surface area contributed by atoms with E-state index in [0.29, 0.717) is 11.3 Å². The van der Waals surface area contributed by atoms with Crippen LogP contribution in [0, 0.1) is 0 Å². The van der Waals surface area contributed by atoms with Gasteiger partial charge in [-0.15, -0.1) is 0 Å². The van der Waals surface area contributed by atoms with Crippen molar-refractivity contribution in [3.8, 4) is 23.0 Å². The molecule has 0 amide bonds. The lowest BCUT2D eigenvalue weighted by atomic mass is 10.2. The fraction of sp³-hybridized carbons (Fsp3) is 0.0909. The van der Waals surface area contributed by atoms with E-state index in [4.69, 9.17) is 14.3 Å². The lowest BCUT2D eigenvalue weighted by Crippen LogP contribution is -2.03. The first-order valence-corrected chi connectivity index (χ1v) is 4.69. The zero-order valence-electron chi connectivity index (χ0n) is 8.91. The molecule has 17 heavy (non-hydrogen) atoms. The van der Waals surface area contributed by atoms with Crippen molar-refractivity contribution in [3.05, 3.63) is 30.7 Å². The van der Waals surface area contributed by atoms with Crippen LogP contribution >= 0.6 is 0 Å². The first-order chi connectivity index (χ1) is 8.20. The van der Waals surface area contributed by atoms with Crippen LogP contribution in [0.4, 0.5) is 4.79 Å². The summed E-state index contributed by atoms with van der Waals surface area (Å²) in [6.07, 6.45) is -0.314. The van der Waals surface area contributed by atoms with Crippen molar-refractivity contribution in [3.63, 3.8) is 0 Å². The molecule has 1 N–H and O–H groups in total. The van der Waals surface area contributed by atoms with Gasteiger partial charge in [-0.3, -0.25) is 0 Å². The van der Waals surface area contributed by atoms with E-state index < -0.39 is 6.16 Å². The second kappa shape index (κ2) is 4.56. The van der Waals surface area contributed by atoms with Gasteiger partial charge in [-0.1, -0.05) is 0 Å². The Hall–Kier alpha value is -2.50. The quantitative estimate of drug-likeness (QED) is 0.822. The molecule has 0 spiro atoms. The van der Waals surface area contributed by atoms with E-state index in [2.05, 4.69) is 9.72 Å². The van der Waals surface area contributed by atoms with Crippen LogP contribution in [0.2, 0.25) is 0 Å². The molecule has 1 heterocycles. The SMILES string of the molecule is COc1ccc(-c2ocnc2OC(=O)O)cc1. The summed E-state index contributed by atoms with van der Waals surface area (Å²) in [7, 11) is 1.56. The number of rotatable bonds is 3. The Bertz CT molecular complexity index is 517. The van der Waals surface area contributed by atoms with E-state index in [1.807, 2.05) is 0 Å². The number of benzene rings is 1. The molecule has 0 aliphatic heterocycles. The van der Waals surface area contributed by atoms with E-state index in [9.17, 15) is 4.79 Å². The Kier molecular flexibility index (Phi) is 2.95. The Labute approximate surface area is 96.4 Å². The zero-order chi connectivity index (χ0) is 12.3. The highest BCUT2D eigenvalue weighted by Crippen LogP contribution is 2.29. The smallest absolute Gasteiger partial charge is 0.497 e. The maximum atomic E-state index is 10.4. The van der Waals surface area contributed by atoms with Crippen molar-refractivity contribution in [1.82, 2.24) is 4.98 Å². The number of oxazole rings is 1. The predicted octanol–water partition coefficient (Wildman–Crippen LogP) is 2.41. The van der Waals surface area contributed by atoms with E-state index in [1.54, 1.807) is 31.4 Å². The molecule has 88 valence electrons. The van der Waals surface area contributed by atoms with Gasteiger partial charge in [-0.05, 0) is 24.3 Å². The van der Waals surface area contributed by atoms with E-state index >= 15 is 0 Å². The summed E-state index contributed by atoms with van der Waals surface area (Å²) in [5.41, 5.74) is 0.652. The average Bonchev–Trinajstić information content (AvgIpc) is 2.76. The Morgan fingerprint density at radius 1 is 1.35 bits per heavy atom. The standard InChI is InChI=1S/C11H9NO5/c1-15-8-4-2-7(3-5-8)9-10(12-6-16-9)17-11(13)14/h2-6H,1H3,(H,13,14). The lowest BCUT2D eigenvalue weighted by molar-refractivity contribution is 0.143. The number of carboxylic acid groups (broad SMARTS) is 1. The van der Waals surface area contributed by atoms with E-state index in [1.165, 1.54) is 0 Å². The maximum absolute atomic E-state index is 10.4. The van der Waals surface area contributed by atoms with Gasteiger partial charge in [0.25, 0.3) is 5.88 Å². The summed E-state index contributed by atoms with van der Waals surface area (Å²) in [6.45, 7) is 0. The molecule has 0 bridgehead atoms. The molecule has 1 aromatic heterocycles. The molecule has 1 aromatic carbocycles. The first kappa shape index (κ1) is 11.0. The van der Waals surface area contributed by atoms with Crippen molar-refractivity contribution >= 4 is 6.16 Å². The molecule has 2 rings (SSSR count). The van der Waals surface area contributed by atoms with Gasteiger partial charge >= 0.3 is 6.16 Å². The number of hydrogen-bond donors (Lipinski definition) is 1. The average molecular weight is 235 g/mol. The normalized spacial score (nSPS) is 9.94. The summed E-state index contributed by atoms with van der Waals surface area (Å²) >= 11 is 0. The number of ether oxygens (including phenoxy) is 2. The van der Waals surface area contributed by atoms with Gasteiger partial charge in [0.05, 0.1) is 7.11 Å². The third-order valence-corrected chi connectivity index (χ3v) is 2.07. The van der Waals surface area contributed by atoms with Gasteiger partial charge in [0.15, 0.2) is 12.2 Å². The molecule has 0 unspecified atom stereocenters. The van der Waals surface area contributed by atoms with Crippen molar-refractivity contribution in [1.29, 1.82) is 0 Å². The minimum atomic E-state index is -1.44. The van der Waals surface area contributed by atoms with Gasteiger partial charge in [0, 0.05) is 5.56 Å². The number of carbonyl (C=O) groups is 1. The van der Waals surface area contributed by atoms with Gasteiger partial charge in [0.1, 0.15) is 5.75 Å². The minimum Gasteiger partial charge on any atom is -0.497 e. The maximum Gasteiger partial charge on any atom is 0.512 e. The Morgan fingerprint density at radius 2 is 2.06 bits per heavy atom. The van der Waals surface area contributed by atoms with Crippen LogP contribution in [0.3, 0.4) is 0 Å². The third kappa shape index (κ3) is 2.36. The van der Waals surface area contributed by atoms with Crippen LogP contribution in [-0.4, -0.2) is 23.4 Å². The van der Waals surface area contributed by atoms with Crippen molar-refractivity contribution in [2.75, 3.05) is 7.11 Å². The molecule has 0 aliphatic carbocycles. The minimum absolute atomic E-state index is 0.0809. The van der Waals surface area contributed by atoms with Crippen LogP contribution in [0.25, 0.3) is 11.3 Å². The molecule has 0 aliphatic rings. The van der Waals surface area contributed by atoms with Crippen LogP contribution in [0.15, 0.2) is 35.1 Å². The molecule has 0 saturated carbocycles. The molecule has 0 radical (unpaired) electrons. The van der Waals surface area contributed by atoms with E-state index in [-0.39, 0.29) is 11.6 Å². The molecule has 6 nitrogen and oxygen atoms in total. The van der Waals surface area contributed by atoms with Gasteiger partial charge in [-0.2, -0.15) is 4.98 Å². The number of methoxy groups -OCH3 is 1. The number of nitrogens with zero attached hydrogens (tertiary/aromatic N) is 1. The summed E-state index contributed by atoms with van der Waals surface area (Å²) in [4.78, 5) is 14.1. The van der Waals surface area contributed by atoms with Crippen LogP contribution in [-0.2, 0) is 0 Å². The lowest BCUT2D eigenvalue weighted by Gasteiger charge is -2.02. The highest BCUT2D eigenvalue weighted by molar-refractivity contribution is 5.68. The zero-order valence-corrected chi connectivity index (χ0v) is 8.91. The molecule has 2 aromatic rings. The van der Waals surface area contributed by atoms with E-state index in [0.717, 1.165) is 6.39 Å². The van der Waals surface area contributed by atoms with Crippen LogP contribution in [0.1, 0.15) is 0 Å². The van der Waals surface area contributed by atoms with Crippen LogP contribution < -0.4 is 9.47 Å². The monoisotopic (exact) mass is 235 g/mol. The van der Waals surface area contributed by atoms with Gasteiger partial charge in [-0.25, -0.2) is 4.79 Å². The summed E-state index contributed by atoms with van der Waals surface area (Å²) in [5.74, 6) is 0.867. The van der Waals surface area contributed by atoms with Crippen molar-refractivity contribution in [2.45, 2.75) is 0 Å². The summed E-state index contributed by atoms with van der Waals surface area (Å²) < 4.78 is 14.6. The van der Waals surface area contributed by atoms with Crippen molar-refractivity contribution < 1.29 is 23.8 Å². The summed E-state index contributed by atoms with van der Waals surface area (Å²) in [5, 5.41) is 8.51. The Morgan fingerprint density at radius 3 is 2.65 bits per heavy atom. The molecular formula is C11H9NO5. The number of hydrogen-bond acceptors (Lipinski definition) is 5. The number of aromatic nitrogens is 1. The summed E-state index contributed by atoms with van der Waals surface area (Å²) in [6, 6.07) is 6.88. The molecule has 0 fully saturated rings. The molecular weight excluding hydrogens is 226 g/mol. The van der Waals surface area contributed by atoms with Crippen LogP contribution in [0.5, 0.6) is 11.6 Å². The highest BCUT2D eigenvalue weighted by Gasteiger charge is 2.15. The van der Waals surface area contributed by atoms with Gasteiger partial charge in [0.2, 0.25) is 0 Å². The fourth-order valence-corrected chi connectivity index (χ4v) is 1.33. The first-order valence-electron chi connectivity index (χ1n) is 4.69. The van der Waals surface area contributed by atoms with Gasteiger partial charge < -0.3 is 19.0 Å². The van der Waals surface area contributed by atoms with Crippen molar-refractivity contribution in [2.24, 2.45) is 0 Å². The molecule has 6 heteroatoms. The largest absolute Gasteiger partial charge is 0.512 e. The predicted molar refractivity (Wildman–Crippen MR) is 57.1 cm³/mol. The third-order valence-electron chi connectivity index (χ3n) is 2.07. The molecule has 0 atom stereocenters. The highest BCUT2D eigenvalue weighted by atomic mass is 16.7. The topological polar surface area (TPSA) is 81.8 Å². The fourth-order valence-electron chi connectivity index (χ4n) is 1.33. The molecule has 0 saturated heterocycles. The second-order valence-electron chi connectivity index (χ2n) is 3.08. The Balaban J connectivity index is 2.32.